The van der Waals surface area contributed by atoms with E-state index in [4.69, 9.17) is 5.11 Å². The highest BCUT2D eigenvalue weighted by Gasteiger charge is 2.24. The van der Waals surface area contributed by atoms with Gasteiger partial charge in [0.05, 0.1) is 26.1 Å². The van der Waals surface area contributed by atoms with Crippen molar-refractivity contribution in [1.29, 1.82) is 0 Å². The van der Waals surface area contributed by atoms with Crippen LogP contribution in [0.25, 0.3) is 0 Å². The Bertz CT molecular complexity index is 502. The second-order valence-electron chi connectivity index (χ2n) is 4.22. The van der Waals surface area contributed by atoms with Crippen LogP contribution in [0.1, 0.15) is 23.7 Å². The third-order valence-corrected chi connectivity index (χ3v) is 2.71. The Kier molecular flexibility index (Phi) is 5.60. The Morgan fingerprint density at radius 1 is 1.35 bits per heavy atom. The predicted octanol–water partition coefficient (Wildman–Crippen LogP) is 0.410. The van der Waals surface area contributed by atoms with E-state index in [1.165, 1.54) is 12.1 Å². The molecule has 1 rings (SSSR count). The molecule has 0 spiro atoms. The summed E-state index contributed by atoms with van der Waals surface area (Å²) in [6, 6.07) is 3.48. The number of benzene rings is 1. The largest absolute Gasteiger partial charge is 0.481 e. The maximum Gasteiger partial charge on any atom is 0.308 e. The Balaban J connectivity index is 2.85. The number of carboxylic acid groups (broad SMARTS) is 1. The van der Waals surface area contributed by atoms with E-state index in [-0.39, 0.29) is 17.5 Å². The van der Waals surface area contributed by atoms with E-state index < -0.39 is 36.4 Å². The molecule has 0 aliphatic rings. The Morgan fingerprint density at radius 3 is 2.50 bits per heavy atom. The van der Waals surface area contributed by atoms with Crippen LogP contribution in [0.2, 0.25) is 0 Å². The van der Waals surface area contributed by atoms with Gasteiger partial charge < -0.3 is 20.1 Å². The molecule has 2 atom stereocenters. The molecule has 0 aromatic heterocycles. The zero-order chi connectivity index (χ0) is 15.3. The molecular weight excluding hydrogens is 271 g/mol. The first kappa shape index (κ1) is 16.1. The highest BCUT2D eigenvalue weighted by Crippen LogP contribution is 2.23. The summed E-state index contributed by atoms with van der Waals surface area (Å²) >= 11 is 0. The fourth-order valence-corrected chi connectivity index (χ4v) is 1.67. The van der Waals surface area contributed by atoms with Crippen molar-refractivity contribution in [3.63, 3.8) is 0 Å². The summed E-state index contributed by atoms with van der Waals surface area (Å²) < 4.78 is 18.1. The molecule has 7 heteroatoms. The fourth-order valence-electron chi connectivity index (χ4n) is 1.67. The Labute approximate surface area is 114 Å². The lowest BCUT2D eigenvalue weighted by Gasteiger charge is -2.18. The summed E-state index contributed by atoms with van der Waals surface area (Å²) in [4.78, 5) is 21.5. The van der Waals surface area contributed by atoms with Gasteiger partial charge in [0.15, 0.2) is 0 Å². The molecule has 1 aromatic carbocycles. The van der Waals surface area contributed by atoms with E-state index >= 15 is 0 Å². The lowest BCUT2D eigenvalue weighted by molar-refractivity contribution is -0.144. The molecule has 1 aromatic rings. The van der Waals surface area contributed by atoms with Gasteiger partial charge in [-0.2, -0.15) is 0 Å². The standard InChI is InChI=1S/C13H15FO6/c1-20-12(18)6-10(15)13(19)8-3-2-7(4-9(8)14)5-11(16)17/h2-4,10,13,15,19H,5-6H2,1H3,(H,16,17). The number of aliphatic hydroxyl groups is 2. The number of rotatable bonds is 6. The first-order valence-electron chi connectivity index (χ1n) is 5.78. The van der Waals surface area contributed by atoms with E-state index in [9.17, 15) is 24.2 Å². The molecule has 0 saturated carbocycles. The molecular formula is C13H15FO6. The van der Waals surface area contributed by atoms with Crippen LogP contribution in [0.4, 0.5) is 4.39 Å². The van der Waals surface area contributed by atoms with Gasteiger partial charge in [-0.1, -0.05) is 12.1 Å². The van der Waals surface area contributed by atoms with Crippen molar-refractivity contribution in [3.05, 3.63) is 35.1 Å². The lowest BCUT2D eigenvalue weighted by Crippen LogP contribution is -2.23. The van der Waals surface area contributed by atoms with Gasteiger partial charge in [-0.15, -0.1) is 0 Å². The molecule has 0 heterocycles. The van der Waals surface area contributed by atoms with Crippen LogP contribution in [0.15, 0.2) is 18.2 Å². The minimum absolute atomic E-state index is 0.212. The van der Waals surface area contributed by atoms with Crippen LogP contribution >= 0.6 is 0 Å². The van der Waals surface area contributed by atoms with Crippen molar-refractivity contribution in [1.82, 2.24) is 0 Å². The highest BCUT2D eigenvalue weighted by molar-refractivity contribution is 5.70. The normalized spacial score (nSPS) is 13.6. The quantitative estimate of drug-likeness (QED) is 0.654. The molecule has 0 bridgehead atoms. The summed E-state index contributed by atoms with van der Waals surface area (Å²) in [5, 5.41) is 28.0. The zero-order valence-corrected chi connectivity index (χ0v) is 10.7. The molecule has 0 aliphatic heterocycles. The summed E-state index contributed by atoms with van der Waals surface area (Å²) in [6.07, 6.45) is -3.94. The van der Waals surface area contributed by atoms with E-state index in [0.29, 0.717) is 0 Å². The van der Waals surface area contributed by atoms with Crippen molar-refractivity contribution in [2.45, 2.75) is 25.0 Å². The minimum atomic E-state index is -1.60. The van der Waals surface area contributed by atoms with E-state index in [2.05, 4.69) is 4.74 Å². The van der Waals surface area contributed by atoms with Crippen LogP contribution in [0.5, 0.6) is 0 Å². The smallest absolute Gasteiger partial charge is 0.308 e. The van der Waals surface area contributed by atoms with Crippen molar-refractivity contribution < 1.29 is 34.0 Å². The molecule has 6 nitrogen and oxygen atoms in total. The third-order valence-electron chi connectivity index (χ3n) is 2.71. The highest BCUT2D eigenvalue weighted by atomic mass is 19.1. The fraction of sp³-hybridized carbons (Fsp3) is 0.385. The Hall–Kier alpha value is -1.99. The number of aliphatic carboxylic acids is 1. The summed E-state index contributed by atoms with van der Waals surface area (Å²) in [5.74, 6) is -2.69. The molecule has 3 N–H and O–H groups in total. The number of ether oxygens (including phenoxy) is 1. The number of hydrogen-bond acceptors (Lipinski definition) is 5. The number of halogens is 1. The molecule has 0 fully saturated rings. The van der Waals surface area contributed by atoms with Crippen LogP contribution in [-0.4, -0.2) is 40.5 Å². The first-order chi connectivity index (χ1) is 9.35. The van der Waals surface area contributed by atoms with Gasteiger partial charge in [0.25, 0.3) is 0 Å². The van der Waals surface area contributed by atoms with Crippen LogP contribution in [0.3, 0.4) is 0 Å². The van der Waals surface area contributed by atoms with Gasteiger partial charge in [-0.05, 0) is 11.6 Å². The monoisotopic (exact) mass is 286 g/mol. The molecule has 2 unspecified atom stereocenters. The van der Waals surface area contributed by atoms with Gasteiger partial charge in [0.1, 0.15) is 11.9 Å². The zero-order valence-electron chi connectivity index (χ0n) is 10.7. The van der Waals surface area contributed by atoms with E-state index in [1.54, 1.807) is 0 Å². The minimum Gasteiger partial charge on any atom is -0.481 e. The van der Waals surface area contributed by atoms with Crippen molar-refractivity contribution in [2.24, 2.45) is 0 Å². The van der Waals surface area contributed by atoms with Crippen molar-refractivity contribution in [2.75, 3.05) is 7.11 Å². The lowest BCUT2D eigenvalue weighted by atomic mass is 9.99. The van der Waals surface area contributed by atoms with E-state index in [0.717, 1.165) is 13.2 Å². The number of aliphatic hydroxyl groups excluding tert-OH is 2. The van der Waals surface area contributed by atoms with E-state index in [1.807, 2.05) is 0 Å². The number of methoxy groups -OCH3 is 1. The van der Waals surface area contributed by atoms with Gasteiger partial charge >= 0.3 is 11.9 Å². The number of hydrogen-bond donors (Lipinski definition) is 3. The second-order valence-corrected chi connectivity index (χ2v) is 4.22. The number of carbonyl (C=O) groups excluding carboxylic acids is 1. The molecule has 0 saturated heterocycles. The summed E-state index contributed by atoms with van der Waals surface area (Å²) in [7, 11) is 1.13. The second kappa shape index (κ2) is 6.97. The number of carbonyl (C=O) groups is 2. The van der Waals surface area contributed by atoms with Crippen molar-refractivity contribution >= 4 is 11.9 Å². The van der Waals surface area contributed by atoms with Gasteiger partial charge in [0, 0.05) is 5.56 Å². The van der Waals surface area contributed by atoms with Crippen LogP contribution < -0.4 is 0 Å². The van der Waals surface area contributed by atoms with Crippen molar-refractivity contribution in [3.8, 4) is 0 Å². The van der Waals surface area contributed by atoms with Crippen LogP contribution in [-0.2, 0) is 20.7 Å². The predicted molar refractivity (Wildman–Crippen MR) is 65.3 cm³/mol. The van der Waals surface area contributed by atoms with Gasteiger partial charge in [-0.3, -0.25) is 9.59 Å². The topological polar surface area (TPSA) is 104 Å². The molecule has 0 amide bonds. The van der Waals surface area contributed by atoms with Crippen LogP contribution in [0, 0.1) is 5.82 Å². The molecule has 0 aliphatic carbocycles. The molecule has 20 heavy (non-hydrogen) atoms. The maximum atomic E-state index is 13.8. The number of esters is 1. The maximum absolute atomic E-state index is 13.8. The molecule has 0 radical (unpaired) electrons. The average molecular weight is 286 g/mol. The van der Waals surface area contributed by atoms with Gasteiger partial charge in [-0.25, -0.2) is 4.39 Å². The summed E-state index contributed by atoms with van der Waals surface area (Å²) in [5.41, 5.74) is 0.0175. The third kappa shape index (κ3) is 4.29. The first-order valence-corrected chi connectivity index (χ1v) is 5.78. The average Bonchev–Trinajstić information content (AvgIpc) is 2.37. The SMILES string of the molecule is COC(=O)CC(O)C(O)c1ccc(CC(=O)O)cc1F. The molecule has 110 valence electrons. The Morgan fingerprint density at radius 2 is 2.00 bits per heavy atom. The number of carboxylic acids is 1. The summed E-state index contributed by atoms with van der Waals surface area (Å²) in [6.45, 7) is 0. The van der Waals surface area contributed by atoms with Gasteiger partial charge in [0.2, 0.25) is 0 Å².